The van der Waals surface area contributed by atoms with Crippen LogP contribution in [0.4, 0.5) is 5.69 Å². The Bertz CT molecular complexity index is 1100. The Morgan fingerprint density at radius 3 is 2.42 bits per heavy atom. The molecule has 1 aromatic carbocycles. The second kappa shape index (κ2) is 10.4. The number of anilines is 1. The number of nitrogens with zero attached hydrogens (tertiary/aromatic N) is 2. The van der Waals surface area contributed by atoms with E-state index in [0.717, 1.165) is 55.0 Å². The van der Waals surface area contributed by atoms with E-state index in [1.807, 2.05) is 37.8 Å². The van der Waals surface area contributed by atoms with Crippen molar-refractivity contribution in [2.75, 3.05) is 24.5 Å². The SMILES string of the molecule is CCN(c1cc(Cl)cc(C(=O)NCc2c(C)cc(C)[nH]c2=O)c1C)C1CCN(C(C)=O)CC1. The Kier molecular flexibility index (Phi) is 7.84. The van der Waals surface area contributed by atoms with Crippen LogP contribution in [0.3, 0.4) is 0 Å². The van der Waals surface area contributed by atoms with Gasteiger partial charge in [-0.25, -0.2) is 0 Å². The number of aromatic nitrogens is 1. The van der Waals surface area contributed by atoms with E-state index in [4.69, 9.17) is 11.6 Å². The smallest absolute Gasteiger partial charge is 0.253 e. The van der Waals surface area contributed by atoms with Gasteiger partial charge in [-0.15, -0.1) is 0 Å². The molecule has 0 aliphatic carbocycles. The summed E-state index contributed by atoms with van der Waals surface area (Å²) in [6.45, 7) is 11.7. The van der Waals surface area contributed by atoms with Gasteiger partial charge in [-0.1, -0.05) is 11.6 Å². The highest BCUT2D eigenvalue weighted by molar-refractivity contribution is 6.31. The molecule has 0 atom stereocenters. The molecule has 0 unspecified atom stereocenters. The Hall–Kier alpha value is -2.80. The molecule has 0 saturated carbocycles. The predicted octanol–water partition coefficient (Wildman–Crippen LogP) is 3.72. The first-order valence-corrected chi connectivity index (χ1v) is 11.8. The standard InChI is InChI=1S/C25H33ClN4O3/c1-6-30(20-7-9-29(10-8-20)18(5)31)23-13-19(26)12-21(17(23)4)24(32)27-14-22-15(2)11-16(3)28-25(22)33/h11-13,20H,6-10,14H2,1-5H3,(H,27,32)(H,28,33). The number of rotatable bonds is 6. The van der Waals surface area contributed by atoms with E-state index in [1.165, 1.54) is 0 Å². The Morgan fingerprint density at radius 1 is 1.18 bits per heavy atom. The number of aryl methyl sites for hydroxylation is 2. The van der Waals surface area contributed by atoms with E-state index in [0.29, 0.717) is 16.1 Å². The quantitative estimate of drug-likeness (QED) is 0.671. The van der Waals surface area contributed by atoms with Crippen LogP contribution < -0.4 is 15.8 Å². The molecule has 8 heteroatoms. The van der Waals surface area contributed by atoms with Gasteiger partial charge in [-0.05, 0) is 69.9 Å². The molecule has 2 aromatic rings. The second-order valence-corrected chi connectivity index (χ2v) is 9.18. The van der Waals surface area contributed by atoms with Gasteiger partial charge in [-0.3, -0.25) is 14.4 Å². The van der Waals surface area contributed by atoms with Crippen molar-refractivity contribution in [3.63, 3.8) is 0 Å². The molecule has 2 amide bonds. The van der Waals surface area contributed by atoms with Crippen molar-refractivity contribution < 1.29 is 9.59 Å². The molecule has 2 N–H and O–H groups in total. The van der Waals surface area contributed by atoms with Crippen LogP contribution in [0.25, 0.3) is 0 Å². The normalized spacial score (nSPS) is 14.3. The summed E-state index contributed by atoms with van der Waals surface area (Å²) in [5.41, 5.74) is 4.26. The van der Waals surface area contributed by atoms with Gasteiger partial charge in [0.15, 0.2) is 0 Å². The van der Waals surface area contributed by atoms with Crippen LogP contribution in [-0.2, 0) is 11.3 Å². The lowest BCUT2D eigenvalue weighted by Crippen LogP contribution is -2.46. The summed E-state index contributed by atoms with van der Waals surface area (Å²) < 4.78 is 0. The first kappa shape index (κ1) is 24.8. The van der Waals surface area contributed by atoms with Crippen LogP contribution in [-0.4, -0.2) is 47.4 Å². The summed E-state index contributed by atoms with van der Waals surface area (Å²) in [6, 6.07) is 5.74. The summed E-state index contributed by atoms with van der Waals surface area (Å²) >= 11 is 6.44. The Labute approximate surface area is 200 Å². The second-order valence-electron chi connectivity index (χ2n) is 8.75. The maximum atomic E-state index is 13.1. The molecule has 3 rings (SSSR count). The largest absolute Gasteiger partial charge is 0.368 e. The van der Waals surface area contributed by atoms with Crippen molar-refractivity contribution in [1.29, 1.82) is 0 Å². The van der Waals surface area contributed by atoms with Crippen LogP contribution in [0, 0.1) is 20.8 Å². The topological polar surface area (TPSA) is 85.5 Å². The summed E-state index contributed by atoms with van der Waals surface area (Å²) in [7, 11) is 0. The number of pyridine rings is 1. The molecule has 1 aromatic heterocycles. The van der Waals surface area contributed by atoms with Crippen molar-refractivity contribution in [3.8, 4) is 0 Å². The molecule has 0 spiro atoms. The van der Waals surface area contributed by atoms with Gasteiger partial charge in [0.2, 0.25) is 5.91 Å². The molecular weight excluding hydrogens is 440 g/mol. The number of likely N-dealkylation sites (tertiary alicyclic amines) is 1. The zero-order valence-electron chi connectivity index (χ0n) is 20.0. The number of H-pyrrole nitrogens is 1. The van der Waals surface area contributed by atoms with Crippen molar-refractivity contribution >= 4 is 29.1 Å². The van der Waals surface area contributed by atoms with Gasteiger partial charge in [0.25, 0.3) is 11.5 Å². The van der Waals surface area contributed by atoms with Gasteiger partial charge < -0.3 is 20.1 Å². The van der Waals surface area contributed by atoms with Gasteiger partial charge in [0.1, 0.15) is 0 Å². The molecular formula is C25H33ClN4O3. The summed E-state index contributed by atoms with van der Waals surface area (Å²) in [4.78, 5) is 44.0. The van der Waals surface area contributed by atoms with Gasteiger partial charge in [0, 0.05) is 66.7 Å². The highest BCUT2D eigenvalue weighted by Gasteiger charge is 2.27. The molecule has 178 valence electrons. The number of hydrogen-bond acceptors (Lipinski definition) is 4. The zero-order chi connectivity index (χ0) is 24.3. The molecule has 1 fully saturated rings. The monoisotopic (exact) mass is 472 g/mol. The van der Waals surface area contributed by atoms with E-state index in [2.05, 4.69) is 22.1 Å². The number of nitrogens with one attached hydrogen (secondary N) is 2. The number of halogens is 1. The number of hydrogen-bond donors (Lipinski definition) is 2. The molecule has 33 heavy (non-hydrogen) atoms. The molecule has 1 aliphatic heterocycles. The Morgan fingerprint density at radius 2 is 1.85 bits per heavy atom. The van der Waals surface area contributed by atoms with E-state index in [-0.39, 0.29) is 30.0 Å². The molecule has 2 heterocycles. The lowest BCUT2D eigenvalue weighted by molar-refractivity contribution is -0.129. The average molecular weight is 473 g/mol. The van der Waals surface area contributed by atoms with Crippen LogP contribution in [0.15, 0.2) is 23.0 Å². The van der Waals surface area contributed by atoms with Crippen molar-refractivity contribution in [2.24, 2.45) is 0 Å². The highest BCUT2D eigenvalue weighted by atomic mass is 35.5. The summed E-state index contributed by atoms with van der Waals surface area (Å²) in [5, 5.41) is 3.38. The highest BCUT2D eigenvalue weighted by Crippen LogP contribution is 2.32. The van der Waals surface area contributed by atoms with E-state index in [9.17, 15) is 14.4 Å². The van der Waals surface area contributed by atoms with Crippen LogP contribution >= 0.6 is 11.6 Å². The maximum absolute atomic E-state index is 13.1. The van der Waals surface area contributed by atoms with Gasteiger partial charge in [-0.2, -0.15) is 0 Å². The number of piperidine rings is 1. The summed E-state index contributed by atoms with van der Waals surface area (Å²) in [5.74, 6) is -0.157. The van der Waals surface area contributed by atoms with Crippen LogP contribution in [0.1, 0.15) is 59.4 Å². The molecule has 1 saturated heterocycles. The molecule has 1 aliphatic rings. The maximum Gasteiger partial charge on any atom is 0.253 e. The third kappa shape index (κ3) is 5.58. The number of carbonyl (C=O) groups excluding carboxylic acids is 2. The summed E-state index contributed by atoms with van der Waals surface area (Å²) in [6.07, 6.45) is 1.74. The third-order valence-electron chi connectivity index (χ3n) is 6.51. The van der Waals surface area contributed by atoms with Crippen molar-refractivity contribution in [3.05, 3.63) is 61.5 Å². The lowest BCUT2D eigenvalue weighted by atomic mass is 9.99. The minimum Gasteiger partial charge on any atom is -0.368 e. The van der Waals surface area contributed by atoms with Crippen LogP contribution in [0.5, 0.6) is 0 Å². The number of benzene rings is 1. The van der Waals surface area contributed by atoms with Gasteiger partial charge in [0.05, 0.1) is 0 Å². The minimum absolute atomic E-state index is 0.108. The first-order chi connectivity index (χ1) is 15.6. The fourth-order valence-electron chi connectivity index (χ4n) is 4.68. The number of carbonyl (C=O) groups is 2. The van der Waals surface area contributed by atoms with E-state index in [1.54, 1.807) is 13.0 Å². The lowest BCUT2D eigenvalue weighted by Gasteiger charge is -2.40. The molecule has 0 bridgehead atoms. The number of amides is 2. The van der Waals surface area contributed by atoms with Crippen molar-refractivity contribution in [2.45, 2.75) is 60.0 Å². The third-order valence-corrected chi connectivity index (χ3v) is 6.73. The predicted molar refractivity (Wildman–Crippen MR) is 132 cm³/mol. The zero-order valence-corrected chi connectivity index (χ0v) is 20.8. The minimum atomic E-state index is -0.266. The van der Waals surface area contributed by atoms with Crippen LogP contribution in [0.2, 0.25) is 5.02 Å². The van der Waals surface area contributed by atoms with E-state index < -0.39 is 0 Å². The average Bonchev–Trinajstić information content (AvgIpc) is 2.75. The molecule has 0 radical (unpaired) electrons. The number of aromatic amines is 1. The van der Waals surface area contributed by atoms with E-state index >= 15 is 0 Å². The Balaban J connectivity index is 1.82. The van der Waals surface area contributed by atoms with Gasteiger partial charge >= 0.3 is 0 Å². The first-order valence-electron chi connectivity index (χ1n) is 11.4. The molecule has 7 nitrogen and oxygen atoms in total. The fourth-order valence-corrected chi connectivity index (χ4v) is 4.89. The van der Waals surface area contributed by atoms with Crippen molar-refractivity contribution in [1.82, 2.24) is 15.2 Å². The fraction of sp³-hybridized carbons (Fsp3) is 0.480.